The molecular formula is C14H16FNO4S. The molecule has 1 N–H and O–H groups in total. The van der Waals surface area contributed by atoms with E-state index in [0.717, 1.165) is 6.07 Å². The summed E-state index contributed by atoms with van der Waals surface area (Å²) in [6.45, 7) is 2.25. The first-order chi connectivity index (χ1) is 9.96. The van der Waals surface area contributed by atoms with Crippen LogP contribution in [0.2, 0.25) is 0 Å². The van der Waals surface area contributed by atoms with Crippen molar-refractivity contribution in [1.29, 1.82) is 0 Å². The van der Waals surface area contributed by atoms with E-state index in [1.807, 2.05) is 0 Å². The lowest BCUT2D eigenvalue weighted by atomic mass is 10.2. The fraction of sp³-hybridized carbons (Fsp3) is 0.429. The monoisotopic (exact) mass is 313 g/mol. The third kappa shape index (κ3) is 3.41. The SMILES string of the molecule is CC1COCCN1S(=O)(=O)c1ccc(C#CCO)c(F)c1. The molecular weight excluding hydrogens is 297 g/mol. The van der Waals surface area contributed by atoms with E-state index in [1.165, 1.54) is 16.4 Å². The highest BCUT2D eigenvalue weighted by Gasteiger charge is 2.31. The number of sulfonamides is 1. The van der Waals surface area contributed by atoms with Crippen LogP contribution in [-0.4, -0.2) is 50.2 Å². The molecule has 1 atom stereocenters. The second-order valence-electron chi connectivity index (χ2n) is 4.64. The topological polar surface area (TPSA) is 66.8 Å². The first-order valence-electron chi connectivity index (χ1n) is 6.45. The quantitative estimate of drug-likeness (QED) is 0.811. The van der Waals surface area contributed by atoms with Crippen molar-refractivity contribution < 1.29 is 22.7 Å². The lowest BCUT2D eigenvalue weighted by Crippen LogP contribution is -2.46. The largest absolute Gasteiger partial charge is 0.384 e. The number of halogens is 1. The summed E-state index contributed by atoms with van der Waals surface area (Å²) in [6, 6.07) is 3.29. The Hall–Kier alpha value is -1.46. The fourth-order valence-corrected chi connectivity index (χ4v) is 3.71. The molecule has 0 aromatic heterocycles. The Morgan fingerprint density at radius 2 is 2.29 bits per heavy atom. The Labute approximate surface area is 123 Å². The van der Waals surface area contributed by atoms with E-state index in [9.17, 15) is 12.8 Å². The number of aliphatic hydroxyl groups is 1. The van der Waals surface area contributed by atoms with E-state index in [1.54, 1.807) is 6.92 Å². The molecule has 1 aromatic carbocycles. The van der Waals surface area contributed by atoms with Gasteiger partial charge in [-0.3, -0.25) is 0 Å². The van der Waals surface area contributed by atoms with Crippen LogP contribution in [0.15, 0.2) is 23.1 Å². The molecule has 5 nitrogen and oxygen atoms in total. The third-order valence-corrected chi connectivity index (χ3v) is 5.17. The minimum Gasteiger partial charge on any atom is -0.384 e. The van der Waals surface area contributed by atoms with Crippen molar-refractivity contribution in [1.82, 2.24) is 4.31 Å². The zero-order valence-corrected chi connectivity index (χ0v) is 12.4. The standard InChI is InChI=1S/C14H16FNO4S/c1-11-10-20-8-6-16(11)21(18,19)13-5-4-12(3-2-7-17)14(15)9-13/h4-5,9,11,17H,6-8,10H2,1H3. The van der Waals surface area contributed by atoms with Crippen LogP contribution in [-0.2, 0) is 14.8 Å². The first kappa shape index (κ1) is 15.9. The molecule has 114 valence electrons. The van der Waals surface area contributed by atoms with Crippen LogP contribution >= 0.6 is 0 Å². The Balaban J connectivity index is 2.34. The maximum atomic E-state index is 13.9. The van der Waals surface area contributed by atoms with Gasteiger partial charge in [0.2, 0.25) is 10.0 Å². The van der Waals surface area contributed by atoms with Crippen LogP contribution in [0.3, 0.4) is 0 Å². The number of hydrogen-bond acceptors (Lipinski definition) is 4. The molecule has 1 aliphatic rings. The Bertz CT molecular complexity index is 678. The molecule has 1 aliphatic heterocycles. The number of ether oxygens (including phenoxy) is 1. The number of benzene rings is 1. The summed E-state index contributed by atoms with van der Waals surface area (Å²) in [5.41, 5.74) is 0.0537. The van der Waals surface area contributed by atoms with Crippen LogP contribution in [0.5, 0.6) is 0 Å². The maximum absolute atomic E-state index is 13.9. The van der Waals surface area contributed by atoms with Crippen molar-refractivity contribution in [2.75, 3.05) is 26.4 Å². The van der Waals surface area contributed by atoms with Gasteiger partial charge in [-0.15, -0.1) is 0 Å². The van der Waals surface area contributed by atoms with Crippen LogP contribution in [0.25, 0.3) is 0 Å². The van der Waals surface area contributed by atoms with Crippen LogP contribution in [0.1, 0.15) is 12.5 Å². The molecule has 1 fully saturated rings. The van der Waals surface area contributed by atoms with Gasteiger partial charge in [0, 0.05) is 12.6 Å². The first-order valence-corrected chi connectivity index (χ1v) is 7.89. The molecule has 2 rings (SSSR count). The fourth-order valence-electron chi connectivity index (χ4n) is 2.10. The van der Waals surface area contributed by atoms with Crippen molar-refractivity contribution in [2.45, 2.75) is 17.9 Å². The van der Waals surface area contributed by atoms with Gasteiger partial charge in [0.25, 0.3) is 0 Å². The molecule has 0 radical (unpaired) electrons. The highest BCUT2D eigenvalue weighted by molar-refractivity contribution is 7.89. The number of morpholine rings is 1. The molecule has 21 heavy (non-hydrogen) atoms. The molecule has 0 spiro atoms. The molecule has 0 amide bonds. The highest BCUT2D eigenvalue weighted by atomic mass is 32.2. The molecule has 7 heteroatoms. The lowest BCUT2D eigenvalue weighted by Gasteiger charge is -2.32. The van der Waals surface area contributed by atoms with E-state index >= 15 is 0 Å². The minimum atomic E-state index is -3.76. The van der Waals surface area contributed by atoms with Gasteiger partial charge >= 0.3 is 0 Å². The summed E-state index contributed by atoms with van der Waals surface area (Å²) in [6.07, 6.45) is 0. The molecule has 1 saturated heterocycles. The zero-order valence-electron chi connectivity index (χ0n) is 11.5. The number of hydrogen-bond donors (Lipinski definition) is 1. The summed E-state index contributed by atoms with van der Waals surface area (Å²) >= 11 is 0. The smallest absolute Gasteiger partial charge is 0.243 e. The summed E-state index contributed by atoms with van der Waals surface area (Å²) in [7, 11) is -3.76. The van der Waals surface area contributed by atoms with Crippen molar-refractivity contribution in [3.8, 4) is 11.8 Å². The number of nitrogens with zero attached hydrogens (tertiary/aromatic N) is 1. The van der Waals surface area contributed by atoms with E-state index in [2.05, 4.69) is 11.8 Å². The van der Waals surface area contributed by atoms with Gasteiger partial charge in [-0.2, -0.15) is 4.31 Å². The molecule has 1 heterocycles. The highest BCUT2D eigenvalue weighted by Crippen LogP contribution is 2.22. The van der Waals surface area contributed by atoms with Crippen LogP contribution < -0.4 is 0 Å². The average Bonchev–Trinajstić information content (AvgIpc) is 2.46. The van der Waals surface area contributed by atoms with Crippen molar-refractivity contribution in [2.24, 2.45) is 0 Å². The zero-order chi connectivity index (χ0) is 15.5. The van der Waals surface area contributed by atoms with Crippen molar-refractivity contribution in [3.63, 3.8) is 0 Å². The van der Waals surface area contributed by atoms with E-state index in [4.69, 9.17) is 9.84 Å². The van der Waals surface area contributed by atoms with E-state index < -0.39 is 15.8 Å². The average molecular weight is 313 g/mol. The Morgan fingerprint density at radius 1 is 1.52 bits per heavy atom. The summed E-state index contributed by atoms with van der Waals surface area (Å²) in [4.78, 5) is -0.108. The van der Waals surface area contributed by atoms with Crippen molar-refractivity contribution >= 4 is 10.0 Å². The van der Waals surface area contributed by atoms with Crippen LogP contribution in [0, 0.1) is 17.7 Å². The molecule has 1 aromatic rings. The third-order valence-electron chi connectivity index (χ3n) is 3.16. The van der Waals surface area contributed by atoms with Gasteiger partial charge < -0.3 is 9.84 Å². The van der Waals surface area contributed by atoms with E-state index in [-0.39, 0.29) is 29.7 Å². The molecule has 0 bridgehead atoms. The van der Waals surface area contributed by atoms with Gasteiger partial charge in [-0.1, -0.05) is 11.8 Å². The van der Waals surface area contributed by atoms with Gasteiger partial charge in [0.1, 0.15) is 12.4 Å². The predicted octanol–water partition coefficient (Wildman–Crippen LogP) is 0.579. The number of rotatable bonds is 2. The summed E-state index contributed by atoms with van der Waals surface area (Å²) in [5, 5.41) is 8.59. The van der Waals surface area contributed by atoms with Gasteiger partial charge in [0.15, 0.2) is 0 Å². The Morgan fingerprint density at radius 3 is 2.90 bits per heavy atom. The minimum absolute atomic E-state index is 0.0537. The molecule has 0 saturated carbocycles. The molecule has 1 unspecified atom stereocenters. The molecule has 0 aliphatic carbocycles. The lowest BCUT2D eigenvalue weighted by molar-refractivity contribution is 0.0392. The van der Waals surface area contributed by atoms with Gasteiger partial charge in [-0.25, -0.2) is 12.8 Å². The van der Waals surface area contributed by atoms with E-state index in [0.29, 0.717) is 13.2 Å². The maximum Gasteiger partial charge on any atom is 0.243 e. The predicted molar refractivity (Wildman–Crippen MR) is 74.5 cm³/mol. The second kappa shape index (κ2) is 6.54. The summed E-state index contributed by atoms with van der Waals surface area (Å²) < 4.78 is 45.4. The summed E-state index contributed by atoms with van der Waals surface area (Å²) in [5.74, 6) is 4.03. The second-order valence-corrected chi connectivity index (χ2v) is 6.53. The van der Waals surface area contributed by atoms with Crippen molar-refractivity contribution in [3.05, 3.63) is 29.6 Å². The van der Waals surface area contributed by atoms with Crippen LogP contribution in [0.4, 0.5) is 4.39 Å². The van der Waals surface area contributed by atoms with Gasteiger partial charge in [-0.05, 0) is 25.1 Å². The number of aliphatic hydroxyl groups excluding tert-OH is 1. The van der Waals surface area contributed by atoms with Gasteiger partial charge in [0.05, 0.1) is 23.7 Å². The Kier molecular flexibility index (Phi) is 4.96. The normalized spacial score (nSPS) is 19.9.